The van der Waals surface area contributed by atoms with Crippen molar-refractivity contribution in [3.05, 3.63) is 77.4 Å². The first-order valence-corrected chi connectivity index (χ1v) is 11.8. The van der Waals surface area contributed by atoms with Crippen LogP contribution in [-0.2, 0) is 4.74 Å². The molecule has 1 N–H and O–H groups in total. The number of nitrogens with one attached hydrogen (secondary N) is 1. The van der Waals surface area contributed by atoms with Gasteiger partial charge in [-0.05, 0) is 53.8 Å². The Bertz CT molecular complexity index is 955. The summed E-state index contributed by atoms with van der Waals surface area (Å²) in [4.78, 5) is 14.4. The van der Waals surface area contributed by atoms with E-state index in [1.807, 2.05) is 0 Å². The van der Waals surface area contributed by atoms with Gasteiger partial charge in [-0.3, -0.25) is 0 Å². The highest BCUT2D eigenvalue weighted by atomic mass is 19.1. The maximum Gasteiger partial charge on any atom is 0.408 e. The van der Waals surface area contributed by atoms with E-state index in [1.165, 1.54) is 24.3 Å². The molecule has 3 rings (SSSR count). The van der Waals surface area contributed by atoms with Crippen LogP contribution >= 0.6 is 0 Å². The number of benzene rings is 2. The number of alkyl carbamates (subject to hydrolysis) is 1. The minimum atomic E-state index is -0.865. The van der Waals surface area contributed by atoms with Crippen LogP contribution in [0.2, 0.25) is 0 Å². The van der Waals surface area contributed by atoms with Crippen LogP contribution in [-0.4, -0.2) is 42.8 Å². The van der Waals surface area contributed by atoms with Gasteiger partial charge in [-0.15, -0.1) is 6.42 Å². The average molecular weight is 467 g/mol. The predicted molar refractivity (Wildman–Crippen MR) is 131 cm³/mol. The van der Waals surface area contributed by atoms with Crippen LogP contribution in [0.3, 0.4) is 0 Å². The number of ether oxygens (including phenoxy) is 1. The van der Waals surface area contributed by atoms with Gasteiger partial charge in [0.1, 0.15) is 11.6 Å². The summed E-state index contributed by atoms with van der Waals surface area (Å²) in [5.41, 5.74) is 1.82. The predicted octanol–water partition coefficient (Wildman–Crippen LogP) is 5.78. The lowest BCUT2D eigenvalue weighted by Crippen LogP contribution is -2.48. The summed E-state index contributed by atoms with van der Waals surface area (Å²) in [5.74, 6) is 2.11. The molecule has 6 heteroatoms. The van der Waals surface area contributed by atoms with Crippen LogP contribution in [0, 0.1) is 24.0 Å². The molecule has 180 valence electrons. The Balaban J connectivity index is 1.59. The molecule has 2 aromatic rings. The molecule has 1 fully saturated rings. The van der Waals surface area contributed by atoms with Crippen molar-refractivity contribution < 1.29 is 18.3 Å². The maximum atomic E-state index is 13.4. The van der Waals surface area contributed by atoms with E-state index >= 15 is 0 Å². The van der Waals surface area contributed by atoms with Gasteiger partial charge in [-0.1, -0.05) is 49.6 Å². The fraction of sp³-hybridized carbons (Fsp3) is 0.393. The molecule has 1 heterocycles. The summed E-state index contributed by atoms with van der Waals surface area (Å²) in [6.07, 6.45) is 11.2. The molecule has 0 spiro atoms. The smallest absolute Gasteiger partial charge is 0.408 e. The fourth-order valence-electron chi connectivity index (χ4n) is 4.05. The van der Waals surface area contributed by atoms with Gasteiger partial charge in [0.15, 0.2) is 5.60 Å². The number of unbranched alkanes of at least 4 members (excludes halogenated alkanes) is 1. The molecule has 2 aromatic carbocycles. The van der Waals surface area contributed by atoms with Gasteiger partial charge in [0.2, 0.25) is 0 Å². The van der Waals surface area contributed by atoms with E-state index in [9.17, 15) is 13.6 Å². The monoisotopic (exact) mass is 466 g/mol. The normalized spacial score (nSPS) is 15.2. The van der Waals surface area contributed by atoms with Crippen LogP contribution in [0.25, 0.3) is 5.57 Å². The zero-order valence-corrected chi connectivity index (χ0v) is 19.7. The Hall–Kier alpha value is -3.17. The molecule has 1 aliphatic rings. The Morgan fingerprint density at radius 2 is 1.65 bits per heavy atom. The highest BCUT2D eigenvalue weighted by Crippen LogP contribution is 2.28. The topological polar surface area (TPSA) is 41.6 Å². The van der Waals surface area contributed by atoms with Crippen LogP contribution in [0.4, 0.5) is 13.6 Å². The van der Waals surface area contributed by atoms with E-state index in [0.717, 1.165) is 55.6 Å². The Labute approximate surface area is 201 Å². The first kappa shape index (κ1) is 25.5. The van der Waals surface area contributed by atoms with Gasteiger partial charge < -0.3 is 15.0 Å². The van der Waals surface area contributed by atoms with Gasteiger partial charge in [0, 0.05) is 39.0 Å². The molecule has 0 bridgehead atoms. The van der Waals surface area contributed by atoms with Crippen molar-refractivity contribution in [3.63, 3.8) is 0 Å². The number of likely N-dealkylation sites (tertiary alicyclic amines) is 1. The second-order valence-corrected chi connectivity index (χ2v) is 8.57. The summed E-state index contributed by atoms with van der Waals surface area (Å²) in [7, 11) is 0. The standard InChI is InChI=1S/C28H32F2N2O2/c1-3-5-18-31-27(33)34-28(4-2)16-20-32(21-17-28)19-6-7-26(22-8-12-24(29)13-9-22)23-10-14-25(30)15-11-23/h2,7-15H,3,5-6,16-21H2,1H3,(H,31,33). The van der Waals surface area contributed by atoms with Crippen LogP contribution in [0.1, 0.15) is 50.2 Å². The molecule has 1 saturated heterocycles. The first-order valence-electron chi connectivity index (χ1n) is 11.8. The number of carbonyl (C=O) groups excluding carboxylic acids is 1. The van der Waals surface area contributed by atoms with E-state index in [4.69, 9.17) is 11.2 Å². The molecule has 0 radical (unpaired) electrons. The molecule has 1 amide bonds. The first-order chi connectivity index (χ1) is 16.4. The molecule has 0 aliphatic carbocycles. The quantitative estimate of drug-likeness (QED) is 0.376. The number of halogens is 2. The summed E-state index contributed by atoms with van der Waals surface area (Å²) in [6, 6.07) is 12.6. The zero-order chi connectivity index (χ0) is 24.4. The third kappa shape index (κ3) is 7.16. The van der Waals surface area contributed by atoms with E-state index < -0.39 is 11.7 Å². The second kappa shape index (κ2) is 12.3. The van der Waals surface area contributed by atoms with Crippen molar-refractivity contribution in [2.45, 2.75) is 44.6 Å². The number of nitrogens with zero attached hydrogens (tertiary/aromatic N) is 1. The van der Waals surface area contributed by atoms with E-state index in [1.54, 1.807) is 24.3 Å². The SMILES string of the molecule is C#CC1(OC(=O)NCCCC)CCN(CCC=C(c2ccc(F)cc2)c2ccc(F)cc2)CC1. The van der Waals surface area contributed by atoms with E-state index in [-0.39, 0.29) is 11.6 Å². The van der Waals surface area contributed by atoms with E-state index in [0.29, 0.717) is 19.4 Å². The van der Waals surface area contributed by atoms with Crippen molar-refractivity contribution in [2.24, 2.45) is 0 Å². The lowest BCUT2D eigenvalue weighted by Gasteiger charge is -2.37. The Morgan fingerprint density at radius 1 is 1.09 bits per heavy atom. The third-order valence-electron chi connectivity index (χ3n) is 6.12. The van der Waals surface area contributed by atoms with Crippen molar-refractivity contribution >= 4 is 11.7 Å². The van der Waals surface area contributed by atoms with Crippen LogP contribution < -0.4 is 5.32 Å². The molecule has 0 saturated carbocycles. The Morgan fingerprint density at radius 3 is 2.15 bits per heavy atom. The minimum absolute atomic E-state index is 0.297. The van der Waals surface area contributed by atoms with Crippen molar-refractivity contribution in [3.8, 4) is 12.3 Å². The number of hydrogen-bond donors (Lipinski definition) is 1. The van der Waals surface area contributed by atoms with Gasteiger partial charge in [-0.2, -0.15) is 0 Å². The van der Waals surface area contributed by atoms with Crippen molar-refractivity contribution in [2.75, 3.05) is 26.2 Å². The minimum Gasteiger partial charge on any atom is -0.430 e. The van der Waals surface area contributed by atoms with E-state index in [2.05, 4.69) is 29.1 Å². The molecule has 0 atom stereocenters. The largest absolute Gasteiger partial charge is 0.430 e. The summed E-state index contributed by atoms with van der Waals surface area (Å²) in [5, 5.41) is 2.76. The molecule has 34 heavy (non-hydrogen) atoms. The van der Waals surface area contributed by atoms with Crippen LogP contribution in [0.15, 0.2) is 54.6 Å². The lowest BCUT2D eigenvalue weighted by atomic mass is 9.91. The highest BCUT2D eigenvalue weighted by molar-refractivity contribution is 5.79. The zero-order valence-electron chi connectivity index (χ0n) is 19.7. The molecular weight excluding hydrogens is 434 g/mol. The van der Waals surface area contributed by atoms with Crippen molar-refractivity contribution in [1.82, 2.24) is 10.2 Å². The summed E-state index contributed by atoms with van der Waals surface area (Å²) in [6.45, 7) is 4.89. The van der Waals surface area contributed by atoms with Crippen LogP contribution in [0.5, 0.6) is 0 Å². The lowest BCUT2D eigenvalue weighted by molar-refractivity contribution is 0.00574. The fourth-order valence-corrected chi connectivity index (χ4v) is 4.05. The van der Waals surface area contributed by atoms with Gasteiger partial charge in [0.05, 0.1) is 0 Å². The number of rotatable bonds is 9. The molecule has 0 aromatic heterocycles. The molecule has 4 nitrogen and oxygen atoms in total. The van der Waals surface area contributed by atoms with Crippen molar-refractivity contribution in [1.29, 1.82) is 0 Å². The number of piperidine rings is 1. The molecular formula is C28H32F2N2O2. The average Bonchev–Trinajstić information content (AvgIpc) is 2.84. The van der Waals surface area contributed by atoms with Gasteiger partial charge in [-0.25, -0.2) is 13.6 Å². The molecule has 0 unspecified atom stereocenters. The van der Waals surface area contributed by atoms with Gasteiger partial charge >= 0.3 is 6.09 Å². The Kier molecular flexibility index (Phi) is 9.24. The number of hydrogen-bond acceptors (Lipinski definition) is 3. The molecule has 1 aliphatic heterocycles. The summed E-state index contributed by atoms with van der Waals surface area (Å²) >= 11 is 0. The maximum absolute atomic E-state index is 13.4. The third-order valence-corrected chi connectivity index (χ3v) is 6.12. The number of carbonyl (C=O) groups is 1. The number of terminal acetylenes is 1. The summed E-state index contributed by atoms with van der Waals surface area (Å²) < 4.78 is 32.5. The highest BCUT2D eigenvalue weighted by Gasteiger charge is 2.36. The number of amides is 1. The second-order valence-electron chi connectivity index (χ2n) is 8.57. The van der Waals surface area contributed by atoms with Gasteiger partial charge in [0.25, 0.3) is 0 Å².